The quantitative estimate of drug-likeness (QED) is 0.784. The Morgan fingerprint density at radius 3 is 2.56 bits per heavy atom. The number of nitriles is 1. The van der Waals surface area contributed by atoms with E-state index in [2.05, 4.69) is 0 Å². The van der Waals surface area contributed by atoms with E-state index in [1.54, 1.807) is 25.1 Å². The third-order valence-corrected chi connectivity index (χ3v) is 4.66. The zero-order valence-corrected chi connectivity index (χ0v) is 11.3. The van der Waals surface area contributed by atoms with Gasteiger partial charge in [0, 0.05) is 0 Å². The summed E-state index contributed by atoms with van der Waals surface area (Å²) in [5, 5.41) is 8.68. The summed E-state index contributed by atoms with van der Waals surface area (Å²) in [6.45, 7) is 3.65. The Bertz CT molecular complexity index is 610. The van der Waals surface area contributed by atoms with Crippen LogP contribution in [0.1, 0.15) is 30.4 Å². The standard InChI is InChI=1S/C13H15NO3S/c1-10-3-4-12(11(2)9-10)18(15,16)17-13(5-6-13)7-8-14/h3-4,9H,5-7H2,1-2H3. The number of hydrogen-bond acceptors (Lipinski definition) is 4. The summed E-state index contributed by atoms with van der Waals surface area (Å²) >= 11 is 0. The summed E-state index contributed by atoms with van der Waals surface area (Å²) < 4.78 is 29.6. The molecule has 18 heavy (non-hydrogen) atoms. The lowest BCUT2D eigenvalue weighted by Crippen LogP contribution is -2.20. The lowest BCUT2D eigenvalue weighted by Gasteiger charge is -2.14. The van der Waals surface area contributed by atoms with Crippen molar-refractivity contribution in [1.82, 2.24) is 0 Å². The zero-order chi connectivity index (χ0) is 13.4. The first-order valence-corrected chi connectivity index (χ1v) is 7.19. The van der Waals surface area contributed by atoms with Gasteiger partial charge in [-0.05, 0) is 38.3 Å². The van der Waals surface area contributed by atoms with Crippen molar-refractivity contribution in [3.05, 3.63) is 29.3 Å². The van der Waals surface area contributed by atoms with Crippen LogP contribution >= 0.6 is 0 Å². The predicted molar refractivity (Wildman–Crippen MR) is 66.4 cm³/mol. The second-order valence-electron chi connectivity index (χ2n) is 4.82. The summed E-state index contributed by atoms with van der Waals surface area (Å²) in [7, 11) is -3.78. The largest absolute Gasteiger partial charge is 0.297 e. The monoisotopic (exact) mass is 265 g/mol. The second-order valence-corrected chi connectivity index (χ2v) is 6.34. The highest BCUT2D eigenvalue weighted by Crippen LogP contribution is 2.44. The van der Waals surface area contributed by atoms with E-state index >= 15 is 0 Å². The van der Waals surface area contributed by atoms with Gasteiger partial charge in [-0.2, -0.15) is 13.7 Å². The number of hydrogen-bond donors (Lipinski definition) is 0. The van der Waals surface area contributed by atoms with Crippen molar-refractivity contribution in [2.75, 3.05) is 0 Å². The van der Waals surface area contributed by atoms with Crippen LogP contribution < -0.4 is 0 Å². The van der Waals surface area contributed by atoms with Crippen molar-refractivity contribution < 1.29 is 12.6 Å². The molecule has 0 unspecified atom stereocenters. The molecular weight excluding hydrogens is 250 g/mol. The van der Waals surface area contributed by atoms with Gasteiger partial charge < -0.3 is 0 Å². The minimum atomic E-state index is -3.78. The van der Waals surface area contributed by atoms with Gasteiger partial charge in [0.25, 0.3) is 10.1 Å². The van der Waals surface area contributed by atoms with Gasteiger partial charge in [-0.1, -0.05) is 17.7 Å². The van der Waals surface area contributed by atoms with Gasteiger partial charge in [-0.15, -0.1) is 0 Å². The van der Waals surface area contributed by atoms with E-state index in [1.807, 2.05) is 13.0 Å². The topological polar surface area (TPSA) is 67.2 Å². The molecule has 0 spiro atoms. The maximum atomic E-state index is 12.2. The van der Waals surface area contributed by atoms with Crippen molar-refractivity contribution in [3.8, 4) is 6.07 Å². The average molecular weight is 265 g/mol. The fourth-order valence-electron chi connectivity index (χ4n) is 1.93. The maximum Gasteiger partial charge on any atom is 0.297 e. The van der Waals surface area contributed by atoms with Gasteiger partial charge in [0.2, 0.25) is 0 Å². The van der Waals surface area contributed by atoms with Gasteiger partial charge in [0.05, 0.1) is 17.4 Å². The molecule has 1 saturated carbocycles. The Morgan fingerprint density at radius 2 is 2.06 bits per heavy atom. The van der Waals surface area contributed by atoms with Crippen LogP contribution in [0.5, 0.6) is 0 Å². The molecule has 0 saturated heterocycles. The van der Waals surface area contributed by atoms with Crippen LogP contribution in [0.3, 0.4) is 0 Å². The van der Waals surface area contributed by atoms with Gasteiger partial charge in [-0.3, -0.25) is 4.18 Å². The molecule has 1 aromatic carbocycles. The Kier molecular flexibility index (Phi) is 3.18. The Labute approximate surface area is 107 Å². The minimum Gasteiger partial charge on any atom is -0.259 e. The van der Waals surface area contributed by atoms with Crippen molar-refractivity contribution in [2.45, 2.75) is 43.6 Å². The van der Waals surface area contributed by atoms with Crippen molar-refractivity contribution >= 4 is 10.1 Å². The molecule has 1 aromatic rings. The third kappa shape index (κ3) is 2.55. The molecule has 1 aliphatic carbocycles. The van der Waals surface area contributed by atoms with Crippen LogP contribution in [0.2, 0.25) is 0 Å². The van der Waals surface area contributed by atoms with Crippen LogP contribution in [-0.2, 0) is 14.3 Å². The van der Waals surface area contributed by atoms with Crippen molar-refractivity contribution in [2.24, 2.45) is 0 Å². The molecule has 4 nitrogen and oxygen atoms in total. The number of rotatable bonds is 4. The van der Waals surface area contributed by atoms with E-state index < -0.39 is 15.7 Å². The molecule has 0 bridgehead atoms. The van der Waals surface area contributed by atoms with Crippen LogP contribution in [0.25, 0.3) is 0 Å². The fraction of sp³-hybridized carbons (Fsp3) is 0.462. The summed E-state index contributed by atoms with van der Waals surface area (Å²) in [5.41, 5.74) is 0.901. The first kappa shape index (κ1) is 13.1. The molecule has 0 aromatic heterocycles. The molecule has 0 N–H and O–H groups in total. The average Bonchev–Trinajstić information content (AvgIpc) is 2.96. The molecule has 0 atom stereocenters. The van der Waals surface area contributed by atoms with E-state index in [0.29, 0.717) is 18.4 Å². The molecule has 0 heterocycles. The highest BCUT2D eigenvalue weighted by atomic mass is 32.2. The van der Waals surface area contributed by atoms with E-state index in [9.17, 15) is 8.42 Å². The van der Waals surface area contributed by atoms with E-state index in [4.69, 9.17) is 9.44 Å². The Hall–Kier alpha value is -1.38. The molecule has 0 aliphatic heterocycles. The third-order valence-electron chi connectivity index (χ3n) is 3.10. The number of benzene rings is 1. The fourth-order valence-corrected chi connectivity index (χ4v) is 3.40. The van der Waals surface area contributed by atoms with Gasteiger partial charge in [0.15, 0.2) is 0 Å². The van der Waals surface area contributed by atoms with Crippen LogP contribution in [0, 0.1) is 25.2 Å². The maximum absolute atomic E-state index is 12.2. The first-order chi connectivity index (χ1) is 8.38. The van der Waals surface area contributed by atoms with Gasteiger partial charge >= 0.3 is 0 Å². The van der Waals surface area contributed by atoms with E-state index in [1.165, 1.54) is 0 Å². The van der Waals surface area contributed by atoms with Crippen LogP contribution in [0.4, 0.5) is 0 Å². The number of nitrogens with zero attached hydrogens (tertiary/aromatic N) is 1. The molecule has 2 rings (SSSR count). The lowest BCUT2D eigenvalue weighted by molar-refractivity contribution is 0.192. The van der Waals surface area contributed by atoms with Crippen LogP contribution in [-0.4, -0.2) is 14.0 Å². The molecule has 0 radical (unpaired) electrons. The Morgan fingerprint density at radius 1 is 1.39 bits per heavy atom. The van der Waals surface area contributed by atoms with E-state index in [0.717, 1.165) is 5.56 Å². The summed E-state index contributed by atoms with van der Waals surface area (Å²) in [5.74, 6) is 0. The highest BCUT2D eigenvalue weighted by molar-refractivity contribution is 7.86. The highest BCUT2D eigenvalue weighted by Gasteiger charge is 2.48. The summed E-state index contributed by atoms with van der Waals surface area (Å²) in [4.78, 5) is 0.192. The summed E-state index contributed by atoms with van der Waals surface area (Å²) in [6, 6.07) is 7.09. The second kappa shape index (κ2) is 4.38. The van der Waals surface area contributed by atoms with E-state index in [-0.39, 0.29) is 11.3 Å². The molecular formula is C13H15NO3S. The molecule has 96 valence electrons. The zero-order valence-electron chi connectivity index (χ0n) is 10.4. The van der Waals surface area contributed by atoms with Gasteiger partial charge in [0.1, 0.15) is 5.60 Å². The number of aryl methyl sites for hydroxylation is 2. The molecule has 1 fully saturated rings. The van der Waals surface area contributed by atoms with Crippen molar-refractivity contribution in [1.29, 1.82) is 5.26 Å². The minimum absolute atomic E-state index is 0.122. The Balaban J connectivity index is 2.29. The van der Waals surface area contributed by atoms with Crippen molar-refractivity contribution in [3.63, 3.8) is 0 Å². The first-order valence-electron chi connectivity index (χ1n) is 5.78. The lowest BCUT2D eigenvalue weighted by atomic mass is 10.2. The molecule has 5 heteroatoms. The predicted octanol–water partition coefficient (Wildman–Crippen LogP) is 2.46. The van der Waals surface area contributed by atoms with Crippen LogP contribution in [0.15, 0.2) is 23.1 Å². The summed E-state index contributed by atoms with van der Waals surface area (Å²) in [6.07, 6.45) is 1.38. The normalized spacial score (nSPS) is 17.2. The molecule has 0 amide bonds. The smallest absolute Gasteiger partial charge is 0.259 e. The SMILES string of the molecule is Cc1ccc(S(=O)(=O)OC2(CC#N)CC2)c(C)c1. The van der Waals surface area contributed by atoms with Gasteiger partial charge in [-0.25, -0.2) is 0 Å². The molecule has 1 aliphatic rings.